The smallest absolute Gasteiger partial charge is 0.394 e. The van der Waals surface area contributed by atoms with Gasteiger partial charge in [0.15, 0.2) is 0 Å². The van der Waals surface area contributed by atoms with Gasteiger partial charge in [0.2, 0.25) is 0 Å². The molecule has 0 fully saturated rings. The SMILES string of the molecule is [C-]#[N+]C(Cc1ccc(OC)cc1)(C(=C)[N+]#C)[C@H]1C[C@@H](O)C=C[C@@H]1OC(=O)CO. The van der Waals surface area contributed by atoms with Crippen LogP contribution < -0.4 is 4.74 Å². The van der Waals surface area contributed by atoms with Crippen LogP contribution in [0, 0.1) is 19.1 Å². The van der Waals surface area contributed by atoms with E-state index in [4.69, 9.17) is 27.7 Å². The average Bonchev–Trinajstić information content (AvgIpc) is 2.73. The maximum atomic E-state index is 11.7. The molecule has 4 atom stereocenters. The number of rotatable bonds is 7. The van der Waals surface area contributed by atoms with E-state index in [1.165, 1.54) is 12.2 Å². The Kier molecular flexibility index (Phi) is 6.94. The first-order valence-electron chi connectivity index (χ1n) is 8.68. The summed E-state index contributed by atoms with van der Waals surface area (Å²) in [5, 5.41) is 19.2. The Bertz CT molecular complexity index is 834. The van der Waals surface area contributed by atoms with Gasteiger partial charge in [-0.05, 0) is 41.6 Å². The molecule has 0 aromatic heterocycles. The van der Waals surface area contributed by atoms with Gasteiger partial charge in [0.05, 0.1) is 25.6 Å². The average molecular weight is 383 g/mol. The van der Waals surface area contributed by atoms with Crippen LogP contribution in [0.2, 0.25) is 0 Å². The Morgan fingerprint density at radius 2 is 2.07 bits per heavy atom. The lowest BCUT2D eigenvalue weighted by Gasteiger charge is -2.34. The Morgan fingerprint density at radius 3 is 2.61 bits per heavy atom. The summed E-state index contributed by atoms with van der Waals surface area (Å²) < 4.78 is 10.5. The van der Waals surface area contributed by atoms with Crippen molar-refractivity contribution in [2.24, 2.45) is 5.92 Å². The van der Waals surface area contributed by atoms with Gasteiger partial charge in [-0.25, -0.2) is 11.4 Å². The van der Waals surface area contributed by atoms with Gasteiger partial charge in [-0.15, -0.1) is 0 Å². The number of aliphatic hydroxyl groups excluding tert-OH is 2. The highest BCUT2D eigenvalue weighted by molar-refractivity contribution is 5.70. The van der Waals surface area contributed by atoms with Gasteiger partial charge in [0, 0.05) is 0 Å². The van der Waals surface area contributed by atoms with Crippen molar-refractivity contribution >= 4 is 5.97 Å². The van der Waals surface area contributed by atoms with Crippen LogP contribution in [-0.2, 0) is 16.0 Å². The second kappa shape index (κ2) is 9.18. The molecule has 28 heavy (non-hydrogen) atoms. The number of hydrogen-bond acceptors (Lipinski definition) is 5. The van der Waals surface area contributed by atoms with E-state index in [2.05, 4.69) is 16.3 Å². The lowest BCUT2D eigenvalue weighted by molar-refractivity contribution is -0.154. The molecule has 1 aliphatic rings. The van der Waals surface area contributed by atoms with Gasteiger partial charge in [0.1, 0.15) is 18.5 Å². The van der Waals surface area contributed by atoms with Gasteiger partial charge in [0.25, 0.3) is 6.57 Å². The molecular weight excluding hydrogens is 360 g/mol. The molecule has 0 spiro atoms. The lowest BCUT2D eigenvalue weighted by atomic mass is 9.70. The monoisotopic (exact) mass is 383 g/mol. The van der Waals surface area contributed by atoms with E-state index in [0.717, 1.165) is 5.56 Å². The largest absolute Gasteiger partial charge is 0.497 e. The number of methoxy groups -OCH3 is 1. The molecule has 1 aromatic carbocycles. The summed E-state index contributed by atoms with van der Waals surface area (Å²) in [4.78, 5) is 19.1. The number of benzene rings is 1. The van der Waals surface area contributed by atoms with E-state index in [1.807, 2.05) is 12.1 Å². The summed E-state index contributed by atoms with van der Waals surface area (Å²) >= 11 is 0. The highest BCUT2D eigenvalue weighted by atomic mass is 16.6. The topological polar surface area (TPSA) is 84.7 Å². The molecule has 2 rings (SSSR count). The Hall–Kier alpha value is -3.13. The third-order valence-corrected chi connectivity index (χ3v) is 4.91. The minimum atomic E-state index is -1.35. The molecule has 1 unspecified atom stereocenters. The summed E-state index contributed by atoms with van der Waals surface area (Å²) in [6.45, 7) is 16.5. The maximum Gasteiger partial charge on any atom is 0.394 e. The minimum Gasteiger partial charge on any atom is -0.497 e. The number of nitrogens with zero attached hydrogens (tertiary/aromatic N) is 2. The molecular formula is C21H23N2O5+. The van der Waals surface area contributed by atoms with Crippen LogP contribution in [0.25, 0.3) is 9.69 Å². The third-order valence-electron chi connectivity index (χ3n) is 4.91. The third kappa shape index (κ3) is 4.40. The van der Waals surface area contributed by atoms with Crippen LogP contribution in [0.3, 0.4) is 0 Å². The first-order chi connectivity index (χ1) is 13.4. The van der Waals surface area contributed by atoms with Crippen LogP contribution in [0.15, 0.2) is 48.7 Å². The first-order valence-corrected chi connectivity index (χ1v) is 8.68. The standard InChI is InChI=1S/C21H23N2O5/c1-14(22-2)21(23-3,12-15-5-8-17(27-4)9-6-15)18-11-16(25)7-10-19(18)28-20(26)13-24/h2,5-10,16,18-19,24-25H,1,11-13H2,4H3/q+1/t16-,18-,19-,21?/m0/s1. The molecule has 0 saturated carbocycles. The van der Waals surface area contributed by atoms with Gasteiger partial charge < -0.3 is 19.7 Å². The minimum absolute atomic E-state index is 0.121. The molecule has 1 aromatic rings. The van der Waals surface area contributed by atoms with E-state index in [-0.39, 0.29) is 18.5 Å². The second-order valence-electron chi connectivity index (χ2n) is 6.54. The van der Waals surface area contributed by atoms with Crippen molar-refractivity contribution in [1.82, 2.24) is 0 Å². The van der Waals surface area contributed by atoms with Crippen LogP contribution in [0.5, 0.6) is 5.75 Å². The second-order valence-corrected chi connectivity index (χ2v) is 6.54. The Labute approximate surface area is 164 Å². The van der Waals surface area contributed by atoms with E-state index in [1.54, 1.807) is 19.2 Å². The number of aliphatic hydroxyl groups is 2. The fraction of sp³-hybridized carbons (Fsp3) is 0.381. The Morgan fingerprint density at radius 1 is 1.39 bits per heavy atom. The predicted molar refractivity (Wildman–Crippen MR) is 104 cm³/mol. The maximum absolute atomic E-state index is 11.7. The molecule has 7 heteroatoms. The molecule has 2 N–H and O–H groups in total. The quantitative estimate of drug-likeness (QED) is 0.428. The fourth-order valence-electron chi connectivity index (χ4n) is 3.42. The normalized spacial score (nSPS) is 23.0. The summed E-state index contributed by atoms with van der Waals surface area (Å²) in [7, 11) is 1.56. The van der Waals surface area contributed by atoms with Gasteiger partial charge in [-0.1, -0.05) is 18.2 Å². The van der Waals surface area contributed by atoms with Crippen molar-refractivity contribution in [1.29, 1.82) is 0 Å². The molecule has 0 aliphatic heterocycles. The molecule has 0 heterocycles. The number of esters is 1. The molecule has 146 valence electrons. The van der Waals surface area contributed by atoms with Crippen molar-refractivity contribution in [2.75, 3.05) is 13.7 Å². The van der Waals surface area contributed by atoms with Gasteiger partial charge in [-0.3, -0.25) is 4.85 Å². The predicted octanol–water partition coefficient (Wildman–Crippen LogP) is 2.21. The molecule has 0 radical (unpaired) electrons. The summed E-state index contributed by atoms with van der Waals surface area (Å²) in [5.74, 6) is -0.817. The molecule has 7 nitrogen and oxygen atoms in total. The number of ether oxygens (including phenoxy) is 2. The molecule has 0 saturated heterocycles. The lowest BCUT2D eigenvalue weighted by Crippen LogP contribution is -2.48. The van der Waals surface area contributed by atoms with E-state index in [0.29, 0.717) is 5.75 Å². The zero-order chi connectivity index (χ0) is 20.7. The zero-order valence-electron chi connectivity index (χ0n) is 15.6. The summed E-state index contributed by atoms with van der Waals surface area (Å²) in [6.07, 6.45) is 1.69. The van der Waals surface area contributed by atoms with Gasteiger partial charge >= 0.3 is 17.2 Å². The van der Waals surface area contributed by atoms with Crippen LogP contribution >= 0.6 is 0 Å². The molecule has 0 bridgehead atoms. The van der Waals surface area contributed by atoms with Crippen LogP contribution in [0.1, 0.15) is 12.0 Å². The van der Waals surface area contributed by atoms with Crippen LogP contribution in [-0.4, -0.2) is 47.6 Å². The van der Waals surface area contributed by atoms with Crippen molar-refractivity contribution < 1.29 is 24.5 Å². The van der Waals surface area contributed by atoms with Crippen molar-refractivity contribution in [3.8, 4) is 12.3 Å². The zero-order valence-corrected chi connectivity index (χ0v) is 15.6. The number of carbonyl (C=O) groups excluding carboxylic acids is 1. The van der Waals surface area contributed by atoms with Crippen molar-refractivity contribution in [3.63, 3.8) is 0 Å². The fourth-order valence-corrected chi connectivity index (χ4v) is 3.42. The van der Waals surface area contributed by atoms with E-state index >= 15 is 0 Å². The number of carbonyl (C=O) groups is 1. The molecule has 1 aliphatic carbocycles. The highest BCUT2D eigenvalue weighted by Gasteiger charge is 2.59. The first kappa shape index (κ1) is 21.2. The Balaban J connectivity index is 2.48. The molecule has 0 amide bonds. The van der Waals surface area contributed by atoms with Crippen molar-refractivity contribution in [2.45, 2.75) is 30.6 Å². The highest BCUT2D eigenvalue weighted by Crippen LogP contribution is 2.42. The summed E-state index contributed by atoms with van der Waals surface area (Å²) in [6, 6.07) is 7.16. The van der Waals surface area contributed by atoms with E-state index < -0.39 is 36.2 Å². The summed E-state index contributed by atoms with van der Waals surface area (Å²) in [5.41, 5.74) is -0.427. The van der Waals surface area contributed by atoms with Gasteiger partial charge in [-0.2, -0.15) is 0 Å². The van der Waals surface area contributed by atoms with E-state index in [9.17, 15) is 9.90 Å². The number of hydrogen-bond donors (Lipinski definition) is 2. The van der Waals surface area contributed by atoms with Crippen LogP contribution in [0.4, 0.5) is 0 Å². The van der Waals surface area contributed by atoms with Crippen molar-refractivity contribution in [3.05, 3.63) is 70.5 Å².